The van der Waals surface area contributed by atoms with Crippen LogP contribution in [0.2, 0.25) is 0 Å². The van der Waals surface area contributed by atoms with E-state index < -0.39 is 66.2 Å². The Morgan fingerprint density at radius 1 is 1.00 bits per heavy atom. The van der Waals surface area contributed by atoms with Crippen LogP contribution in [0.4, 0.5) is 0 Å². The van der Waals surface area contributed by atoms with Crippen molar-refractivity contribution in [1.29, 1.82) is 0 Å². The number of aliphatic carboxylic acids is 2. The summed E-state index contributed by atoms with van der Waals surface area (Å²) in [4.78, 5) is 71.8. The Morgan fingerprint density at radius 3 is 2.16 bits per heavy atom. The average molecular weight is 540 g/mol. The lowest BCUT2D eigenvalue weighted by Gasteiger charge is -2.25. The molecule has 4 atom stereocenters. The summed E-state index contributed by atoms with van der Waals surface area (Å²) in [6.45, 7) is 3.43. The van der Waals surface area contributed by atoms with Crippen LogP contribution in [0.25, 0.3) is 0 Å². The average Bonchev–Trinajstić information content (AvgIpc) is 3.34. The molecule has 4 unspecified atom stereocenters. The molecule has 0 aliphatic carbocycles. The lowest BCUT2D eigenvalue weighted by atomic mass is 10.0. The molecule has 0 aliphatic rings. The second-order valence-electron chi connectivity index (χ2n) is 8.96. The second kappa shape index (κ2) is 15.8. The number of hydrogen-bond donors (Lipinski definition) is 9. The third-order valence-corrected chi connectivity index (χ3v) is 5.43. The van der Waals surface area contributed by atoms with Gasteiger partial charge in [0.2, 0.25) is 17.7 Å². The lowest BCUT2D eigenvalue weighted by molar-refractivity contribution is -0.144. The molecular weight excluding hydrogens is 502 g/mol. The van der Waals surface area contributed by atoms with Gasteiger partial charge in [-0.25, -0.2) is 9.78 Å². The fourth-order valence-electron chi connectivity index (χ4n) is 3.33. The van der Waals surface area contributed by atoms with Crippen molar-refractivity contribution in [2.24, 2.45) is 28.1 Å². The number of nitrogens with two attached hydrogens (primary N) is 3. The number of guanidine groups is 1. The summed E-state index contributed by atoms with van der Waals surface area (Å²) < 4.78 is 0. The molecule has 16 heteroatoms. The topological polar surface area (TPSA) is 281 Å². The lowest BCUT2D eigenvalue weighted by Crippen LogP contribution is -2.58. The standard InChI is InChI=1S/C22H37N9O7/c1-11(2)17(21(37)38)31-19(35)14(5-6-16(32)33)29-20(36)15(8-12-9-26-10-28-12)30-18(34)13(23)4-3-7-27-22(24)25/h9-11,13-15,17H,3-8,23H2,1-2H3,(H,26,28)(H,29,36)(H,30,34)(H,31,35)(H,32,33)(H,37,38)(H4,24,25,27). The van der Waals surface area contributed by atoms with Gasteiger partial charge in [0.1, 0.15) is 18.1 Å². The summed E-state index contributed by atoms with van der Waals surface area (Å²) in [5.74, 6) is -5.39. The smallest absolute Gasteiger partial charge is 0.326 e. The molecule has 12 N–H and O–H groups in total. The molecule has 0 aliphatic heterocycles. The Balaban J connectivity index is 3.02. The zero-order valence-electron chi connectivity index (χ0n) is 21.3. The molecule has 38 heavy (non-hydrogen) atoms. The molecule has 212 valence electrons. The molecule has 0 fully saturated rings. The van der Waals surface area contributed by atoms with Crippen LogP contribution in [0.15, 0.2) is 17.5 Å². The molecular formula is C22H37N9O7. The van der Waals surface area contributed by atoms with Gasteiger partial charge in [-0.1, -0.05) is 13.8 Å². The van der Waals surface area contributed by atoms with E-state index in [-0.39, 0.29) is 31.8 Å². The number of hydrogen-bond acceptors (Lipinski definition) is 8. The van der Waals surface area contributed by atoms with E-state index in [1.54, 1.807) is 13.8 Å². The number of aliphatic imine (C=N–C) groups is 1. The van der Waals surface area contributed by atoms with Crippen LogP contribution in [0, 0.1) is 5.92 Å². The van der Waals surface area contributed by atoms with Crippen molar-refractivity contribution < 1.29 is 34.2 Å². The summed E-state index contributed by atoms with van der Waals surface area (Å²) in [6, 6.07) is -4.85. The fourth-order valence-corrected chi connectivity index (χ4v) is 3.33. The molecule has 16 nitrogen and oxygen atoms in total. The Hall–Kier alpha value is -4.21. The van der Waals surface area contributed by atoms with Gasteiger partial charge < -0.3 is 48.3 Å². The van der Waals surface area contributed by atoms with E-state index >= 15 is 0 Å². The molecule has 0 aromatic carbocycles. The number of carbonyl (C=O) groups excluding carboxylic acids is 3. The maximum absolute atomic E-state index is 13.2. The van der Waals surface area contributed by atoms with E-state index in [0.29, 0.717) is 12.1 Å². The van der Waals surface area contributed by atoms with Crippen LogP contribution >= 0.6 is 0 Å². The van der Waals surface area contributed by atoms with E-state index in [1.165, 1.54) is 12.5 Å². The van der Waals surface area contributed by atoms with Gasteiger partial charge in [0.25, 0.3) is 0 Å². The predicted octanol–water partition coefficient (Wildman–Crippen LogP) is -2.61. The van der Waals surface area contributed by atoms with Crippen LogP contribution < -0.4 is 33.2 Å². The van der Waals surface area contributed by atoms with Crippen molar-refractivity contribution in [2.45, 2.75) is 70.1 Å². The highest BCUT2D eigenvalue weighted by Crippen LogP contribution is 2.07. The zero-order valence-corrected chi connectivity index (χ0v) is 21.3. The van der Waals surface area contributed by atoms with Gasteiger partial charge in [-0.15, -0.1) is 0 Å². The van der Waals surface area contributed by atoms with E-state index in [2.05, 4.69) is 30.9 Å². The Morgan fingerprint density at radius 2 is 1.63 bits per heavy atom. The Kier molecular flexibility index (Phi) is 13.2. The minimum atomic E-state index is -1.38. The van der Waals surface area contributed by atoms with E-state index in [0.717, 1.165) is 0 Å². The van der Waals surface area contributed by atoms with Crippen LogP contribution in [0.3, 0.4) is 0 Å². The molecule has 1 heterocycles. The first-order valence-electron chi connectivity index (χ1n) is 12.0. The van der Waals surface area contributed by atoms with Crippen molar-refractivity contribution in [2.75, 3.05) is 6.54 Å². The summed E-state index contributed by atoms with van der Waals surface area (Å²) in [5, 5.41) is 25.8. The third-order valence-electron chi connectivity index (χ3n) is 5.43. The highest BCUT2D eigenvalue weighted by molar-refractivity contribution is 5.94. The monoisotopic (exact) mass is 539 g/mol. The molecule has 1 aromatic rings. The van der Waals surface area contributed by atoms with Crippen LogP contribution in [-0.2, 0) is 30.4 Å². The van der Waals surface area contributed by atoms with Crippen molar-refractivity contribution in [1.82, 2.24) is 25.9 Å². The van der Waals surface area contributed by atoms with Gasteiger partial charge in [-0.05, 0) is 25.2 Å². The first-order valence-corrected chi connectivity index (χ1v) is 12.0. The molecule has 0 radical (unpaired) electrons. The van der Waals surface area contributed by atoms with Gasteiger partial charge in [-0.3, -0.25) is 24.2 Å². The van der Waals surface area contributed by atoms with Crippen molar-refractivity contribution in [3.63, 3.8) is 0 Å². The molecule has 0 saturated heterocycles. The number of carbonyl (C=O) groups is 5. The Bertz CT molecular complexity index is 978. The van der Waals surface area contributed by atoms with E-state index in [9.17, 15) is 29.1 Å². The van der Waals surface area contributed by atoms with E-state index in [1.807, 2.05) is 0 Å². The first-order chi connectivity index (χ1) is 17.8. The number of aromatic nitrogens is 2. The first kappa shape index (κ1) is 31.8. The number of H-pyrrole nitrogens is 1. The summed E-state index contributed by atoms with van der Waals surface area (Å²) >= 11 is 0. The SMILES string of the molecule is CC(C)C(NC(=O)C(CCC(=O)O)NC(=O)C(Cc1cnc[nH]1)NC(=O)C(N)CCCN=C(N)N)C(=O)O. The van der Waals surface area contributed by atoms with Gasteiger partial charge in [-0.2, -0.15) is 0 Å². The number of rotatable bonds is 17. The van der Waals surface area contributed by atoms with Gasteiger partial charge >= 0.3 is 11.9 Å². The Labute approximate surface area is 219 Å². The van der Waals surface area contributed by atoms with E-state index in [4.69, 9.17) is 22.3 Å². The molecule has 0 saturated carbocycles. The highest BCUT2D eigenvalue weighted by atomic mass is 16.4. The molecule has 0 spiro atoms. The molecule has 0 bridgehead atoms. The summed E-state index contributed by atoms with van der Waals surface area (Å²) in [6.07, 6.45) is 2.61. The highest BCUT2D eigenvalue weighted by Gasteiger charge is 2.31. The minimum Gasteiger partial charge on any atom is -0.481 e. The van der Waals surface area contributed by atoms with Crippen LogP contribution in [0.1, 0.15) is 45.2 Å². The predicted molar refractivity (Wildman–Crippen MR) is 135 cm³/mol. The number of imidazole rings is 1. The third kappa shape index (κ3) is 11.7. The normalized spacial score (nSPS) is 14.0. The second-order valence-corrected chi connectivity index (χ2v) is 8.96. The number of aromatic amines is 1. The summed E-state index contributed by atoms with van der Waals surface area (Å²) in [7, 11) is 0. The van der Waals surface area contributed by atoms with Crippen LogP contribution in [0.5, 0.6) is 0 Å². The maximum Gasteiger partial charge on any atom is 0.326 e. The molecule has 1 rings (SSSR count). The number of nitrogens with zero attached hydrogens (tertiary/aromatic N) is 2. The number of carboxylic acid groups (broad SMARTS) is 2. The van der Waals surface area contributed by atoms with Crippen molar-refractivity contribution in [3.05, 3.63) is 18.2 Å². The number of nitrogens with one attached hydrogen (secondary N) is 4. The quantitative estimate of drug-likeness (QED) is 0.0561. The minimum absolute atomic E-state index is 0.0463. The number of amides is 3. The zero-order chi connectivity index (χ0) is 28.8. The van der Waals surface area contributed by atoms with Crippen LogP contribution in [-0.4, -0.2) is 86.5 Å². The fraction of sp³-hybridized carbons (Fsp3) is 0.591. The van der Waals surface area contributed by atoms with Gasteiger partial charge in [0, 0.05) is 31.3 Å². The maximum atomic E-state index is 13.2. The van der Waals surface area contributed by atoms with Gasteiger partial charge in [0.15, 0.2) is 5.96 Å². The summed E-state index contributed by atoms with van der Waals surface area (Å²) in [5.41, 5.74) is 17.0. The number of carboxylic acids is 2. The molecule has 3 amide bonds. The van der Waals surface area contributed by atoms with Crippen molar-refractivity contribution >= 4 is 35.6 Å². The molecule has 1 aromatic heterocycles. The largest absolute Gasteiger partial charge is 0.481 e. The van der Waals surface area contributed by atoms with Crippen molar-refractivity contribution in [3.8, 4) is 0 Å². The van der Waals surface area contributed by atoms with Gasteiger partial charge in [0.05, 0.1) is 12.4 Å².